The number of benzene rings is 1. The van der Waals surface area contributed by atoms with Gasteiger partial charge in [0.25, 0.3) is 5.91 Å². The minimum absolute atomic E-state index is 0.137. The van der Waals surface area contributed by atoms with Crippen molar-refractivity contribution in [1.29, 1.82) is 0 Å². The number of hydrogen-bond donors (Lipinski definition) is 2. The first kappa shape index (κ1) is 14.8. The molecule has 1 heterocycles. The lowest BCUT2D eigenvalue weighted by molar-refractivity contribution is 0.102. The van der Waals surface area contributed by atoms with E-state index in [1.807, 2.05) is 6.92 Å². The summed E-state index contributed by atoms with van der Waals surface area (Å²) >= 11 is 0. The molecule has 0 aliphatic heterocycles. The second-order valence-electron chi connectivity index (χ2n) is 4.44. The fourth-order valence-corrected chi connectivity index (χ4v) is 1.88. The van der Waals surface area contributed by atoms with Gasteiger partial charge in [-0.25, -0.2) is 4.39 Å². The molecule has 5 nitrogen and oxygen atoms in total. The molecule has 0 aliphatic rings. The zero-order valence-electron chi connectivity index (χ0n) is 11.8. The summed E-state index contributed by atoms with van der Waals surface area (Å²) in [5.74, 6) is 5.05. The summed E-state index contributed by atoms with van der Waals surface area (Å²) in [4.78, 5) is 12.3. The molecule has 2 rings (SSSR count). The summed E-state index contributed by atoms with van der Waals surface area (Å²) in [6.45, 7) is 1.96. The Hall–Kier alpha value is -2.65. The van der Waals surface area contributed by atoms with Crippen molar-refractivity contribution >= 4 is 11.7 Å². The topological polar surface area (TPSA) is 72.9 Å². The Morgan fingerprint density at radius 3 is 2.86 bits per heavy atom. The van der Waals surface area contributed by atoms with E-state index < -0.39 is 5.82 Å². The first-order valence-electron chi connectivity index (χ1n) is 6.31. The van der Waals surface area contributed by atoms with E-state index in [9.17, 15) is 9.18 Å². The number of halogens is 1. The molecule has 1 aromatic carbocycles. The van der Waals surface area contributed by atoms with E-state index in [2.05, 4.69) is 22.3 Å². The fraction of sp³-hybridized carbons (Fsp3) is 0.200. The summed E-state index contributed by atoms with van der Waals surface area (Å²) in [7, 11) is 1.72. The first-order chi connectivity index (χ1) is 10.0. The highest BCUT2D eigenvalue weighted by molar-refractivity contribution is 6.05. The van der Waals surface area contributed by atoms with E-state index in [4.69, 9.17) is 5.73 Å². The van der Waals surface area contributed by atoms with Crippen LogP contribution in [0, 0.1) is 24.6 Å². The van der Waals surface area contributed by atoms with Gasteiger partial charge in [0.1, 0.15) is 11.6 Å². The molecule has 0 saturated heterocycles. The van der Waals surface area contributed by atoms with Gasteiger partial charge >= 0.3 is 0 Å². The maximum absolute atomic E-state index is 13.3. The standard InChI is InChI=1S/C15H15FN4O/c1-10-8-14(20(2)19-10)18-15(21)13-6-5-12(16)9-11(13)4-3-7-17/h5-6,8-9H,7,17H2,1-2H3,(H,18,21). The van der Waals surface area contributed by atoms with Crippen LogP contribution in [0.25, 0.3) is 0 Å². The maximum Gasteiger partial charge on any atom is 0.258 e. The van der Waals surface area contributed by atoms with E-state index in [1.165, 1.54) is 18.2 Å². The lowest BCUT2D eigenvalue weighted by Crippen LogP contribution is -2.16. The normalized spacial score (nSPS) is 9.90. The lowest BCUT2D eigenvalue weighted by Gasteiger charge is -2.07. The zero-order valence-corrected chi connectivity index (χ0v) is 11.8. The molecule has 21 heavy (non-hydrogen) atoms. The molecule has 0 saturated carbocycles. The number of aromatic nitrogens is 2. The predicted molar refractivity (Wildman–Crippen MR) is 78.2 cm³/mol. The highest BCUT2D eigenvalue weighted by atomic mass is 19.1. The first-order valence-corrected chi connectivity index (χ1v) is 6.31. The second kappa shape index (κ2) is 6.20. The molecule has 0 unspecified atom stereocenters. The Kier molecular flexibility index (Phi) is 4.36. The predicted octanol–water partition coefficient (Wildman–Crippen LogP) is 1.43. The maximum atomic E-state index is 13.3. The van der Waals surface area contributed by atoms with E-state index in [1.54, 1.807) is 17.8 Å². The summed E-state index contributed by atoms with van der Waals surface area (Å²) in [6, 6.07) is 5.57. The van der Waals surface area contributed by atoms with Crippen molar-refractivity contribution in [2.24, 2.45) is 12.8 Å². The van der Waals surface area contributed by atoms with Crippen LogP contribution < -0.4 is 11.1 Å². The molecule has 0 fully saturated rings. The third-order valence-electron chi connectivity index (χ3n) is 2.79. The van der Waals surface area contributed by atoms with Gasteiger partial charge in [-0.1, -0.05) is 11.8 Å². The van der Waals surface area contributed by atoms with E-state index in [-0.39, 0.29) is 18.0 Å². The van der Waals surface area contributed by atoms with Crippen LogP contribution >= 0.6 is 0 Å². The molecular weight excluding hydrogens is 271 g/mol. The van der Waals surface area contributed by atoms with Crippen LogP contribution in [-0.2, 0) is 7.05 Å². The van der Waals surface area contributed by atoms with E-state index >= 15 is 0 Å². The Labute approximate surface area is 122 Å². The third-order valence-corrected chi connectivity index (χ3v) is 2.79. The molecule has 1 amide bonds. The van der Waals surface area contributed by atoms with E-state index in [0.717, 1.165) is 5.69 Å². The Morgan fingerprint density at radius 2 is 2.24 bits per heavy atom. The Morgan fingerprint density at radius 1 is 1.48 bits per heavy atom. The SMILES string of the molecule is Cc1cc(NC(=O)c2ccc(F)cc2C#CCN)n(C)n1. The van der Waals surface area contributed by atoms with Crippen molar-refractivity contribution in [1.82, 2.24) is 9.78 Å². The molecule has 108 valence electrons. The van der Waals surface area contributed by atoms with Crippen LogP contribution in [0.15, 0.2) is 24.3 Å². The van der Waals surface area contributed by atoms with Gasteiger partial charge in [-0.2, -0.15) is 5.10 Å². The van der Waals surface area contributed by atoms with Gasteiger partial charge in [0.2, 0.25) is 0 Å². The molecule has 0 aliphatic carbocycles. The van der Waals surface area contributed by atoms with Crippen molar-refractivity contribution in [2.75, 3.05) is 11.9 Å². The summed E-state index contributed by atoms with van der Waals surface area (Å²) in [5, 5.41) is 6.87. The van der Waals surface area contributed by atoms with Crippen molar-refractivity contribution < 1.29 is 9.18 Å². The number of aryl methyl sites for hydroxylation is 2. The molecule has 6 heteroatoms. The Bertz CT molecular complexity index is 740. The van der Waals surface area contributed by atoms with Crippen LogP contribution in [0.3, 0.4) is 0 Å². The van der Waals surface area contributed by atoms with Gasteiger partial charge in [0.05, 0.1) is 17.8 Å². The largest absolute Gasteiger partial charge is 0.320 e. The summed E-state index contributed by atoms with van der Waals surface area (Å²) < 4.78 is 14.8. The van der Waals surface area contributed by atoms with Gasteiger partial charge in [-0.05, 0) is 25.1 Å². The number of rotatable bonds is 2. The van der Waals surface area contributed by atoms with Gasteiger partial charge in [-0.3, -0.25) is 9.48 Å². The molecule has 2 aromatic rings. The summed E-state index contributed by atoms with van der Waals surface area (Å²) in [5.41, 5.74) is 6.69. The van der Waals surface area contributed by atoms with Crippen molar-refractivity contribution in [2.45, 2.75) is 6.92 Å². The van der Waals surface area contributed by atoms with Crippen LogP contribution in [0.2, 0.25) is 0 Å². The monoisotopic (exact) mass is 286 g/mol. The molecular formula is C15H15FN4O. The smallest absolute Gasteiger partial charge is 0.258 e. The number of nitrogens with two attached hydrogens (primary N) is 1. The number of nitrogens with one attached hydrogen (secondary N) is 1. The van der Waals surface area contributed by atoms with Crippen LogP contribution in [0.1, 0.15) is 21.6 Å². The zero-order chi connectivity index (χ0) is 15.4. The minimum atomic E-state index is -0.454. The third kappa shape index (κ3) is 3.46. The lowest BCUT2D eigenvalue weighted by atomic mass is 10.1. The summed E-state index contributed by atoms with van der Waals surface area (Å²) in [6.07, 6.45) is 0. The molecule has 0 spiro atoms. The van der Waals surface area contributed by atoms with Crippen molar-refractivity contribution in [3.05, 3.63) is 46.9 Å². The van der Waals surface area contributed by atoms with Crippen LogP contribution in [0.5, 0.6) is 0 Å². The molecule has 3 N–H and O–H groups in total. The fourth-order valence-electron chi connectivity index (χ4n) is 1.88. The quantitative estimate of drug-likeness (QED) is 0.820. The van der Waals surface area contributed by atoms with E-state index in [0.29, 0.717) is 11.4 Å². The highest BCUT2D eigenvalue weighted by Gasteiger charge is 2.13. The van der Waals surface area contributed by atoms with Gasteiger partial charge in [0.15, 0.2) is 0 Å². The van der Waals surface area contributed by atoms with Gasteiger partial charge < -0.3 is 11.1 Å². The number of carbonyl (C=O) groups excluding carboxylic acids is 1. The van der Waals surface area contributed by atoms with Crippen LogP contribution in [0.4, 0.5) is 10.2 Å². The molecule has 0 bridgehead atoms. The number of hydrogen-bond acceptors (Lipinski definition) is 3. The van der Waals surface area contributed by atoms with Gasteiger partial charge in [0, 0.05) is 18.7 Å². The second-order valence-corrected chi connectivity index (χ2v) is 4.44. The van der Waals surface area contributed by atoms with Crippen molar-refractivity contribution in [3.63, 3.8) is 0 Å². The minimum Gasteiger partial charge on any atom is -0.320 e. The number of amides is 1. The van der Waals surface area contributed by atoms with Gasteiger partial charge in [-0.15, -0.1) is 0 Å². The average molecular weight is 286 g/mol. The molecule has 0 radical (unpaired) electrons. The van der Waals surface area contributed by atoms with Crippen molar-refractivity contribution in [3.8, 4) is 11.8 Å². The Balaban J connectivity index is 2.32. The number of carbonyl (C=O) groups is 1. The molecule has 1 aromatic heterocycles. The number of anilines is 1. The highest BCUT2D eigenvalue weighted by Crippen LogP contribution is 2.14. The van der Waals surface area contributed by atoms with Crippen LogP contribution in [-0.4, -0.2) is 22.2 Å². The number of nitrogens with zero attached hydrogens (tertiary/aromatic N) is 2. The molecule has 0 atom stereocenters. The average Bonchev–Trinajstić information content (AvgIpc) is 2.74.